The Morgan fingerprint density at radius 1 is 1.25 bits per heavy atom. The van der Waals surface area contributed by atoms with Crippen molar-refractivity contribution in [2.24, 2.45) is 0 Å². The quantitative estimate of drug-likeness (QED) is 0.862. The molecule has 0 saturated heterocycles. The number of H-pyrrole nitrogens is 1. The number of halogens is 2. The third-order valence-electron chi connectivity index (χ3n) is 2.78. The highest BCUT2D eigenvalue weighted by Gasteiger charge is 2.04. The van der Waals surface area contributed by atoms with Crippen molar-refractivity contribution in [3.63, 3.8) is 0 Å². The van der Waals surface area contributed by atoms with Gasteiger partial charge in [0.1, 0.15) is 0 Å². The summed E-state index contributed by atoms with van der Waals surface area (Å²) in [5.74, 6) is 0. The zero-order valence-electron chi connectivity index (χ0n) is 10.7. The lowest BCUT2D eigenvalue weighted by Crippen LogP contribution is -2.31. The SMILES string of the molecule is Cc1ccc(Cn2cc(C=C(Br)Br)c(=O)[nH]c2=O)cc1. The van der Waals surface area contributed by atoms with Crippen LogP contribution in [0.1, 0.15) is 16.7 Å². The molecule has 0 saturated carbocycles. The van der Waals surface area contributed by atoms with Gasteiger partial charge in [0.25, 0.3) is 5.56 Å². The van der Waals surface area contributed by atoms with Crippen molar-refractivity contribution in [2.75, 3.05) is 0 Å². The molecule has 0 spiro atoms. The second kappa shape index (κ2) is 6.37. The summed E-state index contributed by atoms with van der Waals surface area (Å²) in [6, 6.07) is 7.90. The van der Waals surface area contributed by atoms with E-state index in [9.17, 15) is 9.59 Å². The van der Waals surface area contributed by atoms with E-state index in [-0.39, 0.29) is 0 Å². The molecule has 1 aromatic carbocycles. The predicted octanol–water partition coefficient (Wildman–Crippen LogP) is 2.98. The number of hydrogen-bond donors (Lipinski definition) is 1. The van der Waals surface area contributed by atoms with Crippen LogP contribution in [0.5, 0.6) is 0 Å². The Bertz CT molecular complexity index is 754. The van der Waals surface area contributed by atoms with Crippen molar-refractivity contribution < 1.29 is 0 Å². The molecule has 0 unspecified atom stereocenters. The summed E-state index contributed by atoms with van der Waals surface area (Å²) in [4.78, 5) is 25.8. The summed E-state index contributed by atoms with van der Waals surface area (Å²) in [7, 11) is 0. The van der Waals surface area contributed by atoms with Crippen LogP contribution in [-0.2, 0) is 6.54 Å². The Hall–Kier alpha value is -1.40. The molecule has 20 heavy (non-hydrogen) atoms. The van der Waals surface area contributed by atoms with Gasteiger partial charge in [0, 0.05) is 6.20 Å². The van der Waals surface area contributed by atoms with Crippen LogP contribution in [0, 0.1) is 6.92 Å². The molecule has 0 radical (unpaired) electrons. The van der Waals surface area contributed by atoms with Crippen LogP contribution >= 0.6 is 31.9 Å². The maximum absolute atomic E-state index is 11.8. The minimum atomic E-state index is -0.418. The molecule has 6 heteroatoms. The first-order valence-electron chi connectivity index (χ1n) is 5.88. The van der Waals surface area contributed by atoms with E-state index in [4.69, 9.17) is 0 Å². The molecule has 4 nitrogen and oxygen atoms in total. The van der Waals surface area contributed by atoms with Gasteiger partial charge in [-0.15, -0.1) is 0 Å². The van der Waals surface area contributed by atoms with Crippen LogP contribution in [0.15, 0.2) is 43.4 Å². The molecule has 2 aromatic rings. The lowest BCUT2D eigenvalue weighted by molar-refractivity contribution is 0.718. The zero-order valence-corrected chi connectivity index (χ0v) is 13.9. The Kier molecular flexibility index (Phi) is 4.77. The van der Waals surface area contributed by atoms with E-state index >= 15 is 0 Å². The van der Waals surface area contributed by atoms with Crippen molar-refractivity contribution in [3.05, 3.63) is 71.4 Å². The lowest BCUT2D eigenvalue weighted by Gasteiger charge is -2.06. The predicted molar refractivity (Wildman–Crippen MR) is 87.4 cm³/mol. The molecule has 0 amide bonds. The van der Waals surface area contributed by atoms with E-state index in [2.05, 4.69) is 36.8 Å². The fraction of sp³-hybridized carbons (Fsp3) is 0.143. The molecule has 104 valence electrons. The Labute approximate surface area is 132 Å². The molecule has 0 aliphatic carbocycles. The monoisotopic (exact) mass is 398 g/mol. The molecule has 0 aliphatic heterocycles. The summed E-state index contributed by atoms with van der Waals surface area (Å²) in [5, 5.41) is 0. The number of hydrogen-bond acceptors (Lipinski definition) is 2. The summed E-state index contributed by atoms with van der Waals surface area (Å²) in [6.07, 6.45) is 3.15. The van der Waals surface area contributed by atoms with Gasteiger partial charge in [-0.3, -0.25) is 14.3 Å². The van der Waals surface area contributed by atoms with Crippen molar-refractivity contribution in [1.29, 1.82) is 0 Å². The first-order valence-corrected chi connectivity index (χ1v) is 7.46. The first-order chi connectivity index (χ1) is 9.45. The third kappa shape index (κ3) is 3.80. The summed E-state index contributed by atoms with van der Waals surface area (Å²) >= 11 is 6.40. The molecular formula is C14H12Br2N2O2. The van der Waals surface area contributed by atoms with Crippen molar-refractivity contribution >= 4 is 37.9 Å². The molecule has 0 atom stereocenters. The Morgan fingerprint density at radius 2 is 1.90 bits per heavy atom. The van der Waals surface area contributed by atoms with Gasteiger partial charge in [0.15, 0.2) is 0 Å². The second-order valence-corrected chi connectivity index (χ2v) is 7.16. The van der Waals surface area contributed by atoms with Crippen LogP contribution < -0.4 is 11.2 Å². The maximum atomic E-state index is 11.8. The number of rotatable bonds is 3. The van der Waals surface area contributed by atoms with Crippen molar-refractivity contribution in [1.82, 2.24) is 9.55 Å². The average Bonchev–Trinajstić information content (AvgIpc) is 2.37. The largest absolute Gasteiger partial charge is 0.328 e. The fourth-order valence-electron chi connectivity index (χ4n) is 1.75. The van der Waals surface area contributed by atoms with Crippen molar-refractivity contribution in [2.45, 2.75) is 13.5 Å². The van der Waals surface area contributed by atoms with Gasteiger partial charge >= 0.3 is 5.69 Å². The molecule has 0 fully saturated rings. The highest BCUT2D eigenvalue weighted by atomic mass is 79.9. The third-order valence-corrected chi connectivity index (χ3v) is 3.23. The number of benzene rings is 1. The molecule has 2 rings (SSSR count). The van der Waals surface area contributed by atoms with Gasteiger partial charge in [-0.2, -0.15) is 0 Å². The number of nitrogens with one attached hydrogen (secondary N) is 1. The van der Waals surface area contributed by atoms with E-state index in [1.165, 1.54) is 4.57 Å². The van der Waals surface area contributed by atoms with Gasteiger partial charge in [-0.25, -0.2) is 4.79 Å². The summed E-state index contributed by atoms with van der Waals surface area (Å²) in [5.41, 5.74) is 1.73. The van der Waals surface area contributed by atoms with Crippen molar-refractivity contribution in [3.8, 4) is 0 Å². The minimum Gasteiger partial charge on any atom is -0.296 e. The molecule has 0 bridgehead atoms. The topological polar surface area (TPSA) is 54.9 Å². The highest BCUT2D eigenvalue weighted by molar-refractivity contribution is 9.28. The van der Waals surface area contributed by atoms with E-state index in [1.54, 1.807) is 12.3 Å². The Balaban J connectivity index is 2.41. The van der Waals surface area contributed by atoms with Gasteiger partial charge in [-0.1, -0.05) is 29.8 Å². The number of aromatic nitrogens is 2. The maximum Gasteiger partial charge on any atom is 0.328 e. The Morgan fingerprint density at radius 3 is 2.50 bits per heavy atom. The molecule has 1 aromatic heterocycles. The summed E-state index contributed by atoms with van der Waals surface area (Å²) < 4.78 is 2.11. The van der Waals surface area contributed by atoms with E-state index in [0.717, 1.165) is 11.1 Å². The van der Waals surface area contributed by atoms with Crippen LogP contribution in [0.3, 0.4) is 0 Å². The summed E-state index contributed by atoms with van der Waals surface area (Å²) in [6.45, 7) is 2.42. The minimum absolute atomic E-state index is 0.403. The fourth-order valence-corrected chi connectivity index (χ4v) is 2.25. The highest BCUT2D eigenvalue weighted by Crippen LogP contribution is 2.15. The normalized spacial score (nSPS) is 10.3. The van der Waals surface area contributed by atoms with Crippen LogP contribution in [0.4, 0.5) is 0 Å². The molecule has 1 N–H and O–H groups in total. The van der Waals surface area contributed by atoms with E-state index < -0.39 is 11.2 Å². The van der Waals surface area contributed by atoms with E-state index in [0.29, 0.717) is 15.5 Å². The van der Waals surface area contributed by atoms with Gasteiger partial charge in [-0.05, 0) is 50.4 Å². The second-order valence-electron chi connectivity index (χ2n) is 4.39. The first kappa shape index (κ1) is 15.0. The van der Waals surface area contributed by atoms with Gasteiger partial charge in [0.2, 0.25) is 0 Å². The molecular weight excluding hydrogens is 388 g/mol. The number of nitrogens with zero attached hydrogens (tertiary/aromatic N) is 1. The number of aryl methyl sites for hydroxylation is 1. The molecule has 1 heterocycles. The molecule has 0 aliphatic rings. The standard InChI is InChI=1S/C14H12Br2N2O2/c1-9-2-4-10(5-3-9)7-18-8-11(6-12(15)16)13(19)17-14(18)20/h2-6,8H,7H2,1H3,(H,17,19,20). The smallest absolute Gasteiger partial charge is 0.296 e. The van der Waals surface area contributed by atoms with Gasteiger partial charge in [0.05, 0.1) is 15.5 Å². The van der Waals surface area contributed by atoms with Crippen LogP contribution in [0.2, 0.25) is 0 Å². The average molecular weight is 400 g/mol. The zero-order chi connectivity index (χ0) is 14.7. The van der Waals surface area contributed by atoms with Gasteiger partial charge < -0.3 is 0 Å². The number of aromatic amines is 1. The van der Waals surface area contributed by atoms with Crippen LogP contribution in [-0.4, -0.2) is 9.55 Å². The lowest BCUT2D eigenvalue weighted by atomic mass is 10.1. The van der Waals surface area contributed by atoms with E-state index in [1.807, 2.05) is 31.2 Å². The van der Waals surface area contributed by atoms with Crippen LogP contribution in [0.25, 0.3) is 6.08 Å².